The van der Waals surface area contributed by atoms with Crippen molar-refractivity contribution in [1.29, 1.82) is 0 Å². The number of hydrogen-bond acceptors (Lipinski definition) is 7. The zero-order valence-corrected chi connectivity index (χ0v) is 18.9. The van der Waals surface area contributed by atoms with Crippen molar-refractivity contribution in [1.82, 2.24) is 20.3 Å². The number of rotatable bonds is 6. The Bertz CT molecular complexity index is 1450. The summed E-state index contributed by atoms with van der Waals surface area (Å²) in [5.74, 6) is 1.27. The number of nitrogens with two attached hydrogens (primary N) is 2. The lowest BCUT2D eigenvalue weighted by Gasteiger charge is -2.13. The molecule has 0 saturated carbocycles. The Morgan fingerprint density at radius 2 is 1.79 bits per heavy atom. The summed E-state index contributed by atoms with van der Waals surface area (Å²) in [6, 6.07) is 15.0. The molecule has 1 aliphatic heterocycles. The highest BCUT2D eigenvalue weighted by Crippen LogP contribution is 2.37. The van der Waals surface area contributed by atoms with Crippen molar-refractivity contribution in [3.63, 3.8) is 0 Å². The van der Waals surface area contributed by atoms with Crippen LogP contribution in [0, 0.1) is 6.92 Å². The Kier molecular flexibility index (Phi) is 5.28. The van der Waals surface area contributed by atoms with Crippen LogP contribution in [0.1, 0.15) is 34.1 Å². The minimum absolute atomic E-state index is 0.0909. The molecule has 9 nitrogen and oxygen atoms in total. The fraction of sp³-hybridized carbons (Fsp3) is 0.217. The van der Waals surface area contributed by atoms with E-state index < -0.39 is 10.0 Å². The predicted molar refractivity (Wildman–Crippen MR) is 128 cm³/mol. The van der Waals surface area contributed by atoms with Gasteiger partial charge in [-0.15, -0.1) is 0 Å². The molecule has 0 radical (unpaired) electrons. The van der Waals surface area contributed by atoms with E-state index in [1.807, 2.05) is 13.0 Å². The highest BCUT2D eigenvalue weighted by Gasteiger charge is 2.25. The monoisotopic (exact) mass is 463 g/mol. The number of nitrogen functional groups attached to an aromatic ring is 1. The van der Waals surface area contributed by atoms with Crippen LogP contribution in [-0.2, 0) is 29.5 Å². The largest absolute Gasteiger partial charge is 0.384 e. The molecule has 1 aliphatic rings. The Hall–Kier alpha value is -3.47. The molecule has 0 amide bonds. The predicted octanol–water partition coefficient (Wildman–Crippen LogP) is 2.50. The number of fused-ring (bicyclic) bond motifs is 2. The molecule has 1 unspecified atom stereocenters. The summed E-state index contributed by atoms with van der Waals surface area (Å²) in [7, 11) is -3.67. The third-order valence-corrected chi connectivity index (χ3v) is 6.77. The van der Waals surface area contributed by atoms with E-state index in [4.69, 9.17) is 10.9 Å². The number of H-pyrrole nitrogens is 1. The molecule has 5 rings (SSSR count). The number of aryl methyl sites for hydroxylation is 1. The normalized spacial score (nSPS) is 15.5. The molecule has 0 spiro atoms. The topological polar surface area (TPSA) is 152 Å². The molecule has 0 aliphatic carbocycles. The van der Waals surface area contributed by atoms with Crippen LogP contribution in [0.3, 0.4) is 0 Å². The number of pyridine rings is 1. The third kappa shape index (κ3) is 4.40. The molecule has 10 heteroatoms. The number of aromatic amines is 1. The van der Waals surface area contributed by atoms with E-state index in [0.717, 1.165) is 34.6 Å². The fourth-order valence-electron chi connectivity index (χ4n) is 4.28. The van der Waals surface area contributed by atoms with Gasteiger partial charge in [-0.25, -0.2) is 23.5 Å². The number of anilines is 2. The average Bonchev–Trinajstić information content (AvgIpc) is 3.35. The summed E-state index contributed by atoms with van der Waals surface area (Å²) >= 11 is 0. The van der Waals surface area contributed by atoms with E-state index in [-0.39, 0.29) is 10.9 Å². The van der Waals surface area contributed by atoms with E-state index in [1.165, 1.54) is 23.3 Å². The fourth-order valence-corrected chi connectivity index (χ4v) is 4.80. The van der Waals surface area contributed by atoms with Crippen molar-refractivity contribution >= 4 is 32.7 Å². The zero-order chi connectivity index (χ0) is 23.2. The van der Waals surface area contributed by atoms with Gasteiger partial charge in [-0.1, -0.05) is 24.3 Å². The quantitative estimate of drug-likeness (QED) is 0.294. The van der Waals surface area contributed by atoms with Gasteiger partial charge in [-0.2, -0.15) is 0 Å². The van der Waals surface area contributed by atoms with Gasteiger partial charge in [0.1, 0.15) is 11.6 Å². The van der Waals surface area contributed by atoms with Crippen LogP contribution in [0.4, 0.5) is 11.5 Å². The maximum atomic E-state index is 11.4. The van der Waals surface area contributed by atoms with Crippen LogP contribution < -0.4 is 21.5 Å². The number of imidazole rings is 1. The Labute approximate surface area is 191 Å². The van der Waals surface area contributed by atoms with Gasteiger partial charge in [0.2, 0.25) is 10.0 Å². The summed E-state index contributed by atoms with van der Waals surface area (Å²) in [6.07, 6.45) is 0.842. The maximum absolute atomic E-state index is 11.4. The van der Waals surface area contributed by atoms with Crippen LogP contribution in [-0.4, -0.2) is 23.4 Å². The van der Waals surface area contributed by atoms with Gasteiger partial charge >= 0.3 is 0 Å². The molecule has 0 fully saturated rings. The van der Waals surface area contributed by atoms with Crippen molar-refractivity contribution in [3.8, 4) is 0 Å². The molecular formula is C23H25N7O2S. The van der Waals surface area contributed by atoms with Gasteiger partial charge in [0.15, 0.2) is 5.65 Å². The molecule has 4 aromatic rings. The Morgan fingerprint density at radius 3 is 2.55 bits per heavy atom. The number of nitrogens with zero attached hydrogens (tertiary/aromatic N) is 2. The number of benzene rings is 2. The minimum atomic E-state index is -3.67. The molecule has 7 N–H and O–H groups in total. The molecule has 33 heavy (non-hydrogen) atoms. The molecule has 170 valence electrons. The second-order valence-electron chi connectivity index (χ2n) is 8.34. The lowest BCUT2D eigenvalue weighted by molar-refractivity contribution is 0.597. The molecule has 2 aromatic carbocycles. The third-order valence-electron chi connectivity index (χ3n) is 5.84. The Balaban J connectivity index is 1.26. The van der Waals surface area contributed by atoms with Crippen LogP contribution in [0.15, 0.2) is 53.4 Å². The first-order chi connectivity index (χ1) is 15.8. The van der Waals surface area contributed by atoms with E-state index in [1.54, 1.807) is 12.1 Å². The number of nitrogens with one attached hydrogen (secondary N) is 3. The van der Waals surface area contributed by atoms with Crippen LogP contribution >= 0.6 is 0 Å². The first-order valence-corrected chi connectivity index (χ1v) is 12.1. The maximum Gasteiger partial charge on any atom is 0.238 e. The van der Waals surface area contributed by atoms with Gasteiger partial charge in [0.25, 0.3) is 0 Å². The van der Waals surface area contributed by atoms with Gasteiger partial charge in [0.05, 0.1) is 16.5 Å². The highest BCUT2D eigenvalue weighted by atomic mass is 32.2. The zero-order valence-electron chi connectivity index (χ0n) is 18.1. The lowest BCUT2D eigenvalue weighted by atomic mass is 10.0. The summed E-state index contributed by atoms with van der Waals surface area (Å²) in [4.78, 5) is 12.2. The van der Waals surface area contributed by atoms with Crippen molar-refractivity contribution < 1.29 is 8.42 Å². The second kappa shape index (κ2) is 8.14. The molecule has 0 saturated heterocycles. The number of aromatic nitrogens is 3. The number of hydrogen-bond donors (Lipinski definition) is 5. The molecule has 0 bridgehead atoms. The first-order valence-electron chi connectivity index (χ1n) is 10.6. The Morgan fingerprint density at radius 1 is 1.06 bits per heavy atom. The highest BCUT2D eigenvalue weighted by molar-refractivity contribution is 7.89. The number of primary sulfonamides is 1. The summed E-state index contributed by atoms with van der Waals surface area (Å²) in [5.41, 5.74) is 13.2. The van der Waals surface area contributed by atoms with Crippen LogP contribution in [0.25, 0.3) is 11.2 Å². The van der Waals surface area contributed by atoms with Gasteiger partial charge < -0.3 is 21.4 Å². The minimum Gasteiger partial charge on any atom is -0.384 e. The first kappa shape index (κ1) is 21.4. The molecular weight excluding hydrogens is 438 g/mol. The summed E-state index contributed by atoms with van der Waals surface area (Å²) in [5, 5.41) is 12.1. The second-order valence-corrected chi connectivity index (χ2v) is 9.90. The van der Waals surface area contributed by atoms with E-state index in [0.29, 0.717) is 24.6 Å². The lowest BCUT2D eigenvalue weighted by Crippen LogP contribution is -2.14. The van der Waals surface area contributed by atoms with Gasteiger partial charge in [0, 0.05) is 24.3 Å². The molecule has 1 atom stereocenters. The van der Waals surface area contributed by atoms with E-state index in [2.05, 4.69) is 43.8 Å². The molecule has 3 heterocycles. The SMILES string of the molecule is Cc1nc2nc(N)cc(C3Cc4cc(CNCc5ccc(S(N)(=O)=O)cc5)ccc4N3)c2[nH]1. The van der Waals surface area contributed by atoms with Crippen molar-refractivity contribution in [2.75, 3.05) is 11.1 Å². The standard InChI is InChI=1S/C23H25N7O2S/c1-13-27-22-18(10-21(24)30-23(22)28-13)20-9-16-8-15(4-7-19(16)29-20)12-26-11-14-2-5-17(6-3-14)33(25,31)32/h2-8,10,20,26,29H,9,11-12H2,1H3,(H2,25,31,32)(H3,24,27,28,30). The van der Waals surface area contributed by atoms with E-state index in [9.17, 15) is 8.42 Å². The van der Waals surface area contributed by atoms with Crippen molar-refractivity contribution in [3.05, 3.63) is 76.6 Å². The average molecular weight is 464 g/mol. The van der Waals surface area contributed by atoms with Gasteiger partial charge in [-0.3, -0.25) is 0 Å². The van der Waals surface area contributed by atoms with Crippen LogP contribution in [0.2, 0.25) is 0 Å². The summed E-state index contributed by atoms with van der Waals surface area (Å²) < 4.78 is 22.7. The van der Waals surface area contributed by atoms with E-state index >= 15 is 0 Å². The smallest absolute Gasteiger partial charge is 0.238 e. The van der Waals surface area contributed by atoms with Crippen molar-refractivity contribution in [2.45, 2.75) is 37.4 Å². The molecule has 2 aromatic heterocycles. The van der Waals surface area contributed by atoms with Crippen LogP contribution in [0.5, 0.6) is 0 Å². The van der Waals surface area contributed by atoms with Crippen molar-refractivity contribution in [2.24, 2.45) is 5.14 Å². The summed E-state index contributed by atoms with van der Waals surface area (Å²) in [6.45, 7) is 3.23. The number of sulfonamides is 1. The van der Waals surface area contributed by atoms with Gasteiger partial charge in [-0.05, 0) is 54.3 Å².